The van der Waals surface area contributed by atoms with Crippen LogP contribution in [0.2, 0.25) is 25.7 Å². The van der Waals surface area contributed by atoms with E-state index in [0.29, 0.717) is 6.73 Å². The number of benzene rings is 1. The smallest absolute Gasteiger partial charge is 0.269 e. The Morgan fingerprint density at radius 2 is 1.95 bits per heavy atom. The van der Waals surface area contributed by atoms with Gasteiger partial charge in [0.25, 0.3) is 5.69 Å². The fraction of sp³-hybridized carbons (Fsp3) is 0.400. The highest BCUT2D eigenvalue weighted by atomic mass is 28.3. The van der Waals surface area contributed by atoms with Crippen molar-refractivity contribution in [3.8, 4) is 11.3 Å². The van der Waals surface area contributed by atoms with Gasteiger partial charge in [-0.25, -0.2) is 4.98 Å². The highest BCUT2D eigenvalue weighted by Gasteiger charge is 2.12. The molecule has 1 aromatic heterocycles. The fourth-order valence-corrected chi connectivity index (χ4v) is 2.64. The molecule has 0 bridgehead atoms. The molecule has 0 saturated carbocycles. The zero-order valence-electron chi connectivity index (χ0n) is 13.2. The van der Waals surface area contributed by atoms with Crippen molar-refractivity contribution in [3.63, 3.8) is 0 Å². The molecule has 0 radical (unpaired) electrons. The van der Waals surface area contributed by atoms with E-state index in [1.54, 1.807) is 18.5 Å². The molecule has 1 heterocycles. The Kier molecular flexibility index (Phi) is 5.10. The van der Waals surface area contributed by atoms with Gasteiger partial charge in [0.2, 0.25) is 0 Å². The van der Waals surface area contributed by atoms with Crippen LogP contribution in [0.15, 0.2) is 36.8 Å². The third-order valence-corrected chi connectivity index (χ3v) is 4.95. The van der Waals surface area contributed by atoms with Crippen LogP contribution < -0.4 is 0 Å². The van der Waals surface area contributed by atoms with Crippen LogP contribution in [0.4, 0.5) is 5.69 Å². The van der Waals surface area contributed by atoms with E-state index in [-0.39, 0.29) is 5.69 Å². The van der Waals surface area contributed by atoms with Crippen LogP contribution in [-0.4, -0.2) is 29.2 Å². The molecule has 0 spiro atoms. The first-order valence-electron chi connectivity index (χ1n) is 7.19. The molecule has 6 nitrogen and oxygen atoms in total. The van der Waals surface area contributed by atoms with Gasteiger partial charge < -0.3 is 9.30 Å². The van der Waals surface area contributed by atoms with Crippen molar-refractivity contribution in [2.45, 2.75) is 32.4 Å². The Balaban J connectivity index is 1.92. The van der Waals surface area contributed by atoms with Crippen LogP contribution in [-0.2, 0) is 11.5 Å². The quantitative estimate of drug-likeness (QED) is 0.337. The van der Waals surface area contributed by atoms with Crippen LogP contribution in [0, 0.1) is 10.1 Å². The summed E-state index contributed by atoms with van der Waals surface area (Å²) in [6, 6.07) is 7.52. The second-order valence-electron chi connectivity index (χ2n) is 6.43. The zero-order chi connectivity index (χ0) is 16.2. The first-order chi connectivity index (χ1) is 10.3. The molecule has 118 valence electrons. The number of non-ortho nitro benzene ring substituents is 1. The molecular formula is C15H21N3O3Si. The predicted molar refractivity (Wildman–Crippen MR) is 88.4 cm³/mol. The number of rotatable bonds is 7. The number of aromatic nitrogens is 2. The van der Waals surface area contributed by atoms with Gasteiger partial charge in [-0.05, 0) is 18.2 Å². The van der Waals surface area contributed by atoms with E-state index in [1.165, 1.54) is 12.1 Å². The molecule has 0 atom stereocenters. The van der Waals surface area contributed by atoms with Crippen molar-refractivity contribution in [3.05, 3.63) is 46.9 Å². The molecule has 2 rings (SSSR count). The number of imidazole rings is 1. The van der Waals surface area contributed by atoms with Crippen molar-refractivity contribution >= 4 is 13.8 Å². The summed E-state index contributed by atoms with van der Waals surface area (Å²) >= 11 is 0. The molecule has 1 aromatic carbocycles. The third kappa shape index (κ3) is 4.78. The maximum atomic E-state index is 10.6. The van der Waals surface area contributed by atoms with E-state index in [0.717, 1.165) is 23.9 Å². The fourth-order valence-electron chi connectivity index (χ4n) is 1.88. The van der Waals surface area contributed by atoms with E-state index in [2.05, 4.69) is 24.6 Å². The highest BCUT2D eigenvalue weighted by Crippen LogP contribution is 2.20. The number of nitro benzene ring substituents is 1. The van der Waals surface area contributed by atoms with Gasteiger partial charge in [-0.15, -0.1) is 0 Å². The molecule has 2 aromatic rings. The van der Waals surface area contributed by atoms with Crippen LogP contribution >= 0.6 is 0 Å². The maximum absolute atomic E-state index is 10.6. The predicted octanol–water partition coefficient (Wildman–Crippen LogP) is 3.77. The van der Waals surface area contributed by atoms with Gasteiger partial charge in [0, 0.05) is 38.6 Å². The number of ether oxygens (including phenoxy) is 1. The summed E-state index contributed by atoms with van der Waals surface area (Å²) in [5, 5.41) is 10.6. The Bertz CT molecular complexity index is 632. The molecule has 0 aliphatic heterocycles. The minimum atomic E-state index is -1.06. The molecule has 0 aliphatic rings. The minimum Gasteiger partial charge on any atom is -0.361 e. The number of nitrogens with zero attached hydrogens (tertiary/aromatic N) is 3. The molecule has 0 saturated heterocycles. The van der Waals surface area contributed by atoms with Crippen LogP contribution in [0.25, 0.3) is 11.3 Å². The van der Waals surface area contributed by atoms with Crippen LogP contribution in [0.1, 0.15) is 0 Å². The number of hydrogen-bond donors (Lipinski definition) is 0. The molecule has 0 N–H and O–H groups in total. The van der Waals surface area contributed by atoms with Gasteiger partial charge >= 0.3 is 0 Å². The molecule has 7 heteroatoms. The van der Waals surface area contributed by atoms with Crippen LogP contribution in [0.5, 0.6) is 0 Å². The molecule has 0 aliphatic carbocycles. The summed E-state index contributed by atoms with van der Waals surface area (Å²) in [6.45, 7) is 8.20. The van der Waals surface area contributed by atoms with E-state index in [9.17, 15) is 10.1 Å². The van der Waals surface area contributed by atoms with Gasteiger partial charge in [0.15, 0.2) is 0 Å². The van der Waals surface area contributed by atoms with Crippen LogP contribution in [0.3, 0.4) is 0 Å². The first kappa shape index (κ1) is 16.4. The van der Waals surface area contributed by atoms with Gasteiger partial charge in [-0.3, -0.25) is 10.1 Å². The summed E-state index contributed by atoms with van der Waals surface area (Å²) < 4.78 is 7.54. The van der Waals surface area contributed by atoms with E-state index < -0.39 is 13.0 Å². The SMILES string of the molecule is C[Si](C)(C)CCOCn1cnc(-c2ccc([N+](=O)[O-])cc2)c1. The summed E-state index contributed by atoms with van der Waals surface area (Å²) in [7, 11) is -1.06. The Morgan fingerprint density at radius 3 is 2.55 bits per heavy atom. The second kappa shape index (κ2) is 6.84. The average molecular weight is 319 g/mol. The lowest BCUT2D eigenvalue weighted by molar-refractivity contribution is -0.384. The molecule has 0 unspecified atom stereocenters. The van der Waals surface area contributed by atoms with Gasteiger partial charge in [0.05, 0.1) is 16.9 Å². The lowest BCUT2D eigenvalue weighted by Gasteiger charge is -2.15. The van der Waals surface area contributed by atoms with E-state index >= 15 is 0 Å². The Labute approximate surface area is 130 Å². The maximum Gasteiger partial charge on any atom is 0.269 e. The molecule has 22 heavy (non-hydrogen) atoms. The first-order valence-corrected chi connectivity index (χ1v) is 10.9. The van der Waals surface area contributed by atoms with Crippen molar-refractivity contribution in [1.82, 2.24) is 9.55 Å². The summed E-state index contributed by atoms with van der Waals surface area (Å²) in [5.74, 6) is 0. The van der Waals surface area contributed by atoms with E-state index in [1.807, 2.05) is 10.8 Å². The van der Waals surface area contributed by atoms with Crippen molar-refractivity contribution < 1.29 is 9.66 Å². The van der Waals surface area contributed by atoms with E-state index in [4.69, 9.17) is 4.74 Å². The monoisotopic (exact) mass is 319 g/mol. The topological polar surface area (TPSA) is 70.2 Å². The van der Waals surface area contributed by atoms with Crippen molar-refractivity contribution in [2.24, 2.45) is 0 Å². The number of nitro groups is 1. The summed E-state index contributed by atoms with van der Waals surface area (Å²) in [6.07, 6.45) is 3.60. The van der Waals surface area contributed by atoms with Crippen molar-refractivity contribution in [1.29, 1.82) is 0 Å². The largest absolute Gasteiger partial charge is 0.361 e. The van der Waals surface area contributed by atoms with Gasteiger partial charge in [-0.1, -0.05) is 19.6 Å². The van der Waals surface area contributed by atoms with Crippen molar-refractivity contribution in [2.75, 3.05) is 6.61 Å². The Hall–Kier alpha value is -1.99. The van der Waals surface area contributed by atoms with Gasteiger partial charge in [-0.2, -0.15) is 0 Å². The summed E-state index contributed by atoms with van der Waals surface area (Å²) in [4.78, 5) is 14.5. The third-order valence-electron chi connectivity index (χ3n) is 3.24. The molecular weight excluding hydrogens is 298 g/mol. The lowest BCUT2D eigenvalue weighted by atomic mass is 10.1. The standard InChI is InChI=1S/C15H21N3O3Si/c1-22(2,3)9-8-21-12-17-10-15(16-11-17)13-4-6-14(7-5-13)18(19)20/h4-7,10-11H,8-9,12H2,1-3H3. The average Bonchev–Trinajstić information content (AvgIpc) is 2.91. The summed E-state index contributed by atoms with van der Waals surface area (Å²) in [5.41, 5.74) is 1.72. The zero-order valence-corrected chi connectivity index (χ0v) is 14.2. The highest BCUT2D eigenvalue weighted by molar-refractivity contribution is 6.76. The molecule has 0 amide bonds. The normalized spacial score (nSPS) is 11.6. The minimum absolute atomic E-state index is 0.0814. The van der Waals surface area contributed by atoms with Gasteiger partial charge in [0.1, 0.15) is 6.73 Å². The molecule has 0 fully saturated rings. The lowest BCUT2D eigenvalue weighted by Crippen LogP contribution is -2.21. The number of hydrogen-bond acceptors (Lipinski definition) is 4. The second-order valence-corrected chi connectivity index (χ2v) is 12.0. The Morgan fingerprint density at radius 1 is 1.27 bits per heavy atom.